The lowest BCUT2D eigenvalue weighted by atomic mass is 9.91. The lowest BCUT2D eigenvalue weighted by molar-refractivity contribution is -0.139. The van der Waals surface area contributed by atoms with Crippen molar-refractivity contribution in [3.8, 4) is 0 Å². The largest absolute Gasteiger partial charge is 0.481 e. The molecule has 0 spiro atoms. The van der Waals surface area contributed by atoms with E-state index in [4.69, 9.17) is 5.11 Å². The van der Waals surface area contributed by atoms with Gasteiger partial charge in [-0.2, -0.15) is 0 Å². The van der Waals surface area contributed by atoms with Gasteiger partial charge < -0.3 is 10.0 Å². The van der Waals surface area contributed by atoms with E-state index in [1.165, 1.54) is 6.42 Å². The zero-order valence-corrected chi connectivity index (χ0v) is 11.0. The topological polar surface area (TPSA) is 57.6 Å². The van der Waals surface area contributed by atoms with E-state index in [1.807, 2.05) is 11.8 Å². The van der Waals surface area contributed by atoms with Gasteiger partial charge in [0.25, 0.3) is 0 Å². The number of carboxylic acid groups (broad SMARTS) is 1. The molecule has 4 heteroatoms. The van der Waals surface area contributed by atoms with Crippen molar-refractivity contribution in [1.82, 2.24) is 4.90 Å². The second-order valence-corrected chi connectivity index (χ2v) is 5.65. The molecule has 1 saturated heterocycles. The van der Waals surface area contributed by atoms with Gasteiger partial charge in [0.1, 0.15) is 0 Å². The smallest absolute Gasteiger partial charge is 0.303 e. The van der Waals surface area contributed by atoms with Gasteiger partial charge >= 0.3 is 5.97 Å². The summed E-state index contributed by atoms with van der Waals surface area (Å²) < 4.78 is 0. The van der Waals surface area contributed by atoms with Crippen LogP contribution in [-0.2, 0) is 9.59 Å². The van der Waals surface area contributed by atoms with Gasteiger partial charge in [-0.3, -0.25) is 9.59 Å². The van der Waals surface area contributed by atoms with Crippen LogP contribution in [0.15, 0.2) is 0 Å². The van der Waals surface area contributed by atoms with Gasteiger partial charge in [0, 0.05) is 25.9 Å². The summed E-state index contributed by atoms with van der Waals surface area (Å²) in [6, 6.07) is 0. The number of carbonyl (C=O) groups excluding carboxylic acids is 1. The fraction of sp³-hybridized carbons (Fsp3) is 0.846. The number of amides is 1. The summed E-state index contributed by atoms with van der Waals surface area (Å²) in [6.07, 6.45) is 1.60. The molecule has 0 radical (unpaired) electrons. The standard InChI is InChI=1S/C13H23NO3/c1-9(6-13(16)17)5-12(15)14-7-10(2)4-11(3)8-14/h9-11H,4-8H2,1-3H3,(H,16,17)/t9-,10+,11+/m0/s1. The Bertz CT molecular complexity index is 280. The van der Waals surface area contributed by atoms with Crippen LogP contribution in [-0.4, -0.2) is 35.0 Å². The lowest BCUT2D eigenvalue weighted by Crippen LogP contribution is -2.43. The fourth-order valence-corrected chi connectivity index (χ4v) is 2.66. The SMILES string of the molecule is C[C@H](CC(=O)O)CC(=O)N1C[C@H](C)C[C@@H](C)C1. The normalized spacial score (nSPS) is 26.6. The number of aliphatic carboxylic acids is 1. The monoisotopic (exact) mass is 241 g/mol. The summed E-state index contributed by atoms with van der Waals surface area (Å²) in [6.45, 7) is 7.79. The molecule has 1 amide bonds. The molecule has 17 heavy (non-hydrogen) atoms. The highest BCUT2D eigenvalue weighted by Gasteiger charge is 2.26. The van der Waals surface area contributed by atoms with E-state index in [0.29, 0.717) is 18.3 Å². The van der Waals surface area contributed by atoms with E-state index in [2.05, 4.69) is 13.8 Å². The molecule has 3 atom stereocenters. The first-order valence-electron chi connectivity index (χ1n) is 6.38. The van der Waals surface area contributed by atoms with Crippen LogP contribution in [0.25, 0.3) is 0 Å². The Kier molecular flexibility index (Phi) is 4.97. The lowest BCUT2D eigenvalue weighted by Gasteiger charge is -2.35. The van der Waals surface area contributed by atoms with Crippen molar-refractivity contribution < 1.29 is 14.7 Å². The predicted octanol–water partition coefficient (Wildman–Crippen LogP) is 1.99. The first-order chi connectivity index (χ1) is 7.88. The molecule has 0 bridgehead atoms. The number of hydrogen-bond donors (Lipinski definition) is 1. The molecule has 0 aliphatic carbocycles. The molecular formula is C13H23NO3. The van der Waals surface area contributed by atoms with E-state index < -0.39 is 5.97 Å². The average Bonchev–Trinajstić information content (AvgIpc) is 2.14. The van der Waals surface area contributed by atoms with Crippen molar-refractivity contribution in [3.63, 3.8) is 0 Å². The van der Waals surface area contributed by atoms with Gasteiger partial charge in [0.15, 0.2) is 0 Å². The van der Waals surface area contributed by atoms with Gasteiger partial charge in [-0.1, -0.05) is 20.8 Å². The Labute approximate surface area is 103 Å². The van der Waals surface area contributed by atoms with E-state index in [-0.39, 0.29) is 18.2 Å². The van der Waals surface area contributed by atoms with Crippen molar-refractivity contribution >= 4 is 11.9 Å². The average molecular weight is 241 g/mol. The summed E-state index contributed by atoms with van der Waals surface area (Å²) in [5.41, 5.74) is 0. The fourth-order valence-electron chi connectivity index (χ4n) is 2.66. The highest BCUT2D eigenvalue weighted by atomic mass is 16.4. The minimum Gasteiger partial charge on any atom is -0.481 e. The van der Waals surface area contributed by atoms with Crippen LogP contribution in [0, 0.1) is 17.8 Å². The van der Waals surface area contributed by atoms with E-state index in [1.54, 1.807) is 0 Å². The number of nitrogens with zero attached hydrogens (tertiary/aromatic N) is 1. The van der Waals surface area contributed by atoms with E-state index >= 15 is 0 Å². The summed E-state index contributed by atoms with van der Waals surface area (Å²) in [7, 11) is 0. The predicted molar refractivity (Wildman–Crippen MR) is 65.6 cm³/mol. The molecule has 4 nitrogen and oxygen atoms in total. The Balaban J connectivity index is 2.43. The van der Waals surface area contributed by atoms with Gasteiger partial charge in [-0.15, -0.1) is 0 Å². The van der Waals surface area contributed by atoms with Gasteiger partial charge in [0.05, 0.1) is 0 Å². The van der Waals surface area contributed by atoms with E-state index in [9.17, 15) is 9.59 Å². The second-order valence-electron chi connectivity index (χ2n) is 5.65. The van der Waals surface area contributed by atoms with Crippen molar-refractivity contribution in [2.24, 2.45) is 17.8 Å². The molecule has 0 saturated carbocycles. The molecule has 0 aromatic rings. The number of rotatable bonds is 4. The van der Waals surface area contributed by atoms with Crippen molar-refractivity contribution in [3.05, 3.63) is 0 Å². The Morgan fingerprint density at radius 1 is 1.24 bits per heavy atom. The van der Waals surface area contributed by atoms with Gasteiger partial charge in [0.2, 0.25) is 5.91 Å². The highest BCUT2D eigenvalue weighted by Crippen LogP contribution is 2.22. The van der Waals surface area contributed by atoms with Crippen LogP contribution >= 0.6 is 0 Å². The molecule has 0 aromatic heterocycles. The third-order valence-corrected chi connectivity index (χ3v) is 3.27. The first-order valence-corrected chi connectivity index (χ1v) is 6.38. The Hall–Kier alpha value is -1.06. The summed E-state index contributed by atoms with van der Waals surface area (Å²) in [5, 5.41) is 8.67. The second kappa shape index (κ2) is 6.03. The third kappa shape index (κ3) is 4.75. The molecule has 1 aliphatic rings. The highest BCUT2D eigenvalue weighted by molar-refractivity contribution is 5.77. The minimum absolute atomic E-state index is 0.0741. The van der Waals surface area contributed by atoms with Crippen molar-refractivity contribution in [2.75, 3.05) is 13.1 Å². The zero-order valence-electron chi connectivity index (χ0n) is 11.0. The third-order valence-electron chi connectivity index (χ3n) is 3.27. The molecular weight excluding hydrogens is 218 g/mol. The zero-order chi connectivity index (χ0) is 13.0. The van der Waals surface area contributed by atoms with Gasteiger partial charge in [-0.25, -0.2) is 0 Å². The molecule has 1 aliphatic heterocycles. The molecule has 98 valence electrons. The van der Waals surface area contributed by atoms with Crippen LogP contribution in [0.5, 0.6) is 0 Å². The number of hydrogen-bond acceptors (Lipinski definition) is 2. The molecule has 1 N–H and O–H groups in total. The molecule has 1 heterocycles. The quantitative estimate of drug-likeness (QED) is 0.819. The first kappa shape index (κ1) is 14.0. The molecule has 0 unspecified atom stereocenters. The number of piperidine rings is 1. The molecule has 0 aromatic carbocycles. The van der Waals surface area contributed by atoms with Crippen molar-refractivity contribution in [2.45, 2.75) is 40.0 Å². The van der Waals surface area contributed by atoms with Crippen LogP contribution in [0.3, 0.4) is 0 Å². The summed E-state index contributed by atoms with van der Waals surface area (Å²) in [4.78, 5) is 24.5. The van der Waals surface area contributed by atoms with E-state index in [0.717, 1.165) is 13.1 Å². The number of carbonyl (C=O) groups is 2. The molecule has 1 fully saturated rings. The number of carboxylic acids is 1. The van der Waals surface area contributed by atoms with Crippen molar-refractivity contribution in [1.29, 1.82) is 0 Å². The van der Waals surface area contributed by atoms with Crippen LogP contribution in [0.2, 0.25) is 0 Å². The van der Waals surface area contributed by atoms with Gasteiger partial charge in [-0.05, 0) is 24.2 Å². The number of likely N-dealkylation sites (tertiary alicyclic amines) is 1. The maximum atomic E-state index is 12.0. The maximum absolute atomic E-state index is 12.0. The molecule has 1 rings (SSSR count). The minimum atomic E-state index is -0.828. The summed E-state index contributed by atoms with van der Waals surface area (Å²) in [5.74, 6) is 0.310. The van der Waals surface area contributed by atoms with Crippen LogP contribution in [0.4, 0.5) is 0 Å². The Morgan fingerprint density at radius 2 is 1.76 bits per heavy atom. The van der Waals surface area contributed by atoms with Crippen LogP contribution < -0.4 is 0 Å². The van der Waals surface area contributed by atoms with Crippen LogP contribution in [0.1, 0.15) is 40.0 Å². The maximum Gasteiger partial charge on any atom is 0.303 e. The Morgan fingerprint density at radius 3 is 2.24 bits per heavy atom. The summed E-state index contributed by atoms with van der Waals surface area (Å²) >= 11 is 0.